The number of likely N-dealkylation sites (tertiary alicyclic amines) is 2. The number of ether oxygens (including phenoxy) is 1. The molecule has 1 aromatic rings. The summed E-state index contributed by atoms with van der Waals surface area (Å²) in [4.78, 5) is 28.4. The Morgan fingerprint density at radius 1 is 1.26 bits per heavy atom. The molecule has 2 heterocycles. The Hall–Kier alpha value is -2.04. The molecule has 3 rings (SSSR count). The summed E-state index contributed by atoms with van der Waals surface area (Å²) < 4.78 is 5.42. The normalized spacial score (nSPS) is 25.0. The molecule has 23 heavy (non-hydrogen) atoms. The predicted molar refractivity (Wildman–Crippen MR) is 86.8 cm³/mol. The molecule has 0 unspecified atom stereocenters. The van der Waals surface area contributed by atoms with Crippen LogP contribution in [0, 0.1) is 0 Å². The molecule has 0 N–H and O–H groups in total. The van der Waals surface area contributed by atoms with Crippen molar-refractivity contribution in [3.8, 4) is 0 Å². The largest absolute Gasteiger partial charge is 0.444 e. The van der Waals surface area contributed by atoms with E-state index in [9.17, 15) is 9.59 Å². The van der Waals surface area contributed by atoms with E-state index >= 15 is 0 Å². The van der Waals surface area contributed by atoms with Gasteiger partial charge in [-0.3, -0.25) is 9.69 Å². The summed E-state index contributed by atoms with van der Waals surface area (Å²) in [7, 11) is 0. The van der Waals surface area contributed by atoms with E-state index in [1.54, 1.807) is 4.90 Å². The molecule has 2 amide bonds. The number of benzene rings is 1. The van der Waals surface area contributed by atoms with Gasteiger partial charge in [0, 0.05) is 6.54 Å². The van der Waals surface area contributed by atoms with Crippen molar-refractivity contribution in [1.29, 1.82) is 0 Å². The number of carbonyl (C=O) groups excluding carboxylic acids is 2. The topological polar surface area (TPSA) is 49.9 Å². The van der Waals surface area contributed by atoms with Crippen LogP contribution in [0.15, 0.2) is 30.3 Å². The molecule has 0 radical (unpaired) electrons. The third kappa shape index (κ3) is 2.80. The maximum absolute atomic E-state index is 12.6. The number of hydrogen-bond donors (Lipinski definition) is 0. The lowest BCUT2D eigenvalue weighted by Gasteiger charge is -2.48. The lowest BCUT2D eigenvalue weighted by atomic mass is 9.91. The summed E-state index contributed by atoms with van der Waals surface area (Å²) in [5, 5.41) is 0. The van der Waals surface area contributed by atoms with Crippen molar-refractivity contribution in [1.82, 2.24) is 9.80 Å². The Bertz CT molecular complexity index is 608. The number of fused-ring (bicyclic) bond motifs is 1. The van der Waals surface area contributed by atoms with E-state index in [0.717, 1.165) is 12.0 Å². The number of rotatable bonds is 2. The molecule has 3 atom stereocenters. The summed E-state index contributed by atoms with van der Waals surface area (Å²) in [5.41, 5.74) is 0.578. The molecular weight excluding hydrogens is 292 g/mol. The summed E-state index contributed by atoms with van der Waals surface area (Å²) in [6, 6.07) is 9.78. The SMILES string of the molecule is C[C@@H](c1ccccc1)N1C(=O)[C@H]2[C@H]1CCN2C(=O)OC(C)(C)C. The van der Waals surface area contributed by atoms with Gasteiger partial charge in [-0.15, -0.1) is 0 Å². The Labute approximate surface area is 137 Å². The van der Waals surface area contributed by atoms with Gasteiger partial charge in [0.05, 0.1) is 12.1 Å². The maximum atomic E-state index is 12.6. The molecule has 5 nitrogen and oxygen atoms in total. The molecule has 0 aromatic heterocycles. The first-order valence-corrected chi connectivity index (χ1v) is 8.16. The highest BCUT2D eigenvalue weighted by Gasteiger charge is 2.57. The first-order valence-electron chi connectivity index (χ1n) is 8.16. The summed E-state index contributed by atoms with van der Waals surface area (Å²) in [6.45, 7) is 8.13. The quantitative estimate of drug-likeness (QED) is 0.788. The summed E-state index contributed by atoms with van der Waals surface area (Å²) in [6.07, 6.45) is 0.428. The van der Waals surface area contributed by atoms with Gasteiger partial charge in [-0.1, -0.05) is 30.3 Å². The van der Waals surface area contributed by atoms with E-state index in [-0.39, 0.29) is 30.1 Å². The standard InChI is InChI=1S/C18H24N2O3/c1-12(13-8-6-5-7-9-13)20-14-10-11-19(15(14)16(20)21)17(22)23-18(2,3)4/h5-9,12,14-15H,10-11H2,1-4H3/t12-,14+,15+/m0/s1. The van der Waals surface area contributed by atoms with Crippen molar-refractivity contribution < 1.29 is 14.3 Å². The predicted octanol–water partition coefficient (Wildman–Crippen LogP) is 2.97. The highest BCUT2D eigenvalue weighted by molar-refractivity contribution is 5.93. The Kier molecular flexibility index (Phi) is 3.82. The monoisotopic (exact) mass is 316 g/mol. The second-order valence-electron chi connectivity index (χ2n) is 7.31. The van der Waals surface area contributed by atoms with Gasteiger partial charge in [0.15, 0.2) is 0 Å². The van der Waals surface area contributed by atoms with Crippen molar-refractivity contribution in [2.24, 2.45) is 0 Å². The lowest BCUT2D eigenvalue weighted by Crippen LogP contribution is -2.67. The van der Waals surface area contributed by atoms with Crippen LogP contribution in [0.2, 0.25) is 0 Å². The van der Waals surface area contributed by atoms with E-state index < -0.39 is 5.60 Å². The van der Waals surface area contributed by atoms with E-state index in [1.165, 1.54) is 0 Å². The summed E-state index contributed by atoms with van der Waals surface area (Å²) in [5.74, 6) is 0.0229. The van der Waals surface area contributed by atoms with Crippen LogP contribution < -0.4 is 0 Å². The van der Waals surface area contributed by atoms with E-state index in [0.29, 0.717) is 6.54 Å². The molecule has 2 saturated heterocycles. The van der Waals surface area contributed by atoms with Gasteiger partial charge in [-0.05, 0) is 39.7 Å². The zero-order valence-corrected chi connectivity index (χ0v) is 14.2. The Morgan fingerprint density at radius 2 is 1.91 bits per heavy atom. The smallest absolute Gasteiger partial charge is 0.411 e. The molecular formula is C18H24N2O3. The van der Waals surface area contributed by atoms with Gasteiger partial charge in [0.1, 0.15) is 11.6 Å². The van der Waals surface area contributed by atoms with Crippen molar-refractivity contribution in [3.05, 3.63) is 35.9 Å². The minimum atomic E-state index is -0.543. The number of nitrogens with zero attached hydrogens (tertiary/aromatic N) is 2. The third-order valence-electron chi connectivity index (χ3n) is 4.56. The molecule has 2 fully saturated rings. The van der Waals surface area contributed by atoms with Crippen LogP contribution in [0.25, 0.3) is 0 Å². The average Bonchev–Trinajstić information content (AvgIpc) is 2.86. The number of β-lactam (4-membered cyclic amide) rings is 1. The number of hydrogen-bond acceptors (Lipinski definition) is 3. The second kappa shape index (κ2) is 5.55. The minimum absolute atomic E-state index is 0.0229. The highest BCUT2D eigenvalue weighted by atomic mass is 16.6. The van der Waals surface area contributed by atoms with E-state index in [1.807, 2.05) is 62.9 Å². The third-order valence-corrected chi connectivity index (χ3v) is 4.56. The van der Waals surface area contributed by atoms with Crippen LogP contribution in [0.3, 0.4) is 0 Å². The fourth-order valence-corrected chi connectivity index (χ4v) is 3.49. The lowest BCUT2D eigenvalue weighted by molar-refractivity contribution is -0.157. The van der Waals surface area contributed by atoms with Gasteiger partial charge in [0.2, 0.25) is 5.91 Å². The average molecular weight is 316 g/mol. The molecule has 0 aliphatic carbocycles. The van der Waals surface area contributed by atoms with Crippen LogP contribution in [0.5, 0.6) is 0 Å². The van der Waals surface area contributed by atoms with Gasteiger partial charge < -0.3 is 9.64 Å². The fraction of sp³-hybridized carbons (Fsp3) is 0.556. The van der Waals surface area contributed by atoms with Gasteiger partial charge in [-0.25, -0.2) is 4.79 Å². The van der Waals surface area contributed by atoms with Gasteiger partial charge >= 0.3 is 6.09 Å². The van der Waals surface area contributed by atoms with Crippen LogP contribution >= 0.6 is 0 Å². The van der Waals surface area contributed by atoms with Crippen molar-refractivity contribution >= 4 is 12.0 Å². The van der Waals surface area contributed by atoms with Crippen LogP contribution in [0.4, 0.5) is 4.79 Å². The first-order chi connectivity index (χ1) is 10.8. The van der Waals surface area contributed by atoms with E-state index in [4.69, 9.17) is 4.74 Å². The Morgan fingerprint density at radius 3 is 2.52 bits per heavy atom. The second-order valence-corrected chi connectivity index (χ2v) is 7.31. The highest BCUT2D eigenvalue weighted by Crippen LogP contribution is 2.40. The molecule has 5 heteroatoms. The Balaban J connectivity index is 1.71. The van der Waals surface area contributed by atoms with E-state index in [2.05, 4.69) is 0 Å². The fourth-order valence-electron chi connectivity index (χ4n) is 3.49. The molecule has 0 bridgehead atoms. The zero-order chi connectivity index (χ0) is 16.8. The summed E-state index contributed by atoms with van der Waals surface area (Å²) >= 11 is 0. The van der Waals surface area contributed by atoms with Crippen LogP contribution in [0.1, 0.15) is 45.7 Å². The molecule has 2 aliphatic heterocycles. The molecule has 0 spiro atoms. The molecule has 2 aliphatic rings. The van der Waals surface area contributed by atoms with Crippen LogP contribution in [-0.4, -0.2) is 46.0 Å². The van der Waals surface area contributed by atoms with Gasteiger partial charge in [0.25, 0.3) is 0 Å². The zero-order valence-electron chi connectivity index (χ0n) is 14.2. The van der Waals surface area contributed by atoms with Crippen molar-refractivity contribution in [2.75, 3.05) is 6.54 Å². The molecule has 124 valence electrons. The number of carbonyl (C=O) groups is 2. The maximum Gasteiger partial charge on any atom is 0.411 e. The van der Waals surface area contributed by atoms with Crippen molar-refractivity contribution in [3.63, 3.8) is 0 Å². The minimum Gasteiger partial charge on any atom is -0.444 e. The molecule has 0 saturated carbocycles. The molecule has 1 aromatic carbocycles. The van der Waals surface area contributed by atoms with Gasteiger partial charge in [-0.2, -0.15) is 0 Å². The first kappa shape index (κ1) is 15.8. The van der Waals surface area contributed by atoms with Crippen molar-refractivity contribution in [2.45, 2.75) is 57.8 Å². The number of amides is 2. The van der Waals surface area contributed by atoms with Crippen LogP contribution in [-0.2, 0) is 9.53 Å².